The molecule has 0 aliphatic rings. The molecule has 0 fully saturated rings. The van der Waals surface area contributed by atoms with Crippen LogP contribution < -0.4 is 5.32 Å². The van der Waals surface area contributed by atoms with Crippen LogP contribution in [0.2, 0.25) is 0 Å². The molecule has 2 rings (SSSR count). The van der Waals surface area contributed by atoms with Gasteiger partial charge in [0.05, 0.1) is 16.7 Å². The zero-order chi connectivity index (χ0) is 13.5. The third-order valence-corrected chi connectivity index (χ3v) is 2.85. The predicted molar refractivity (Wildman–Crippen MR) is 78.5 cm³/mol. The second-order valence-electron chi connectivity index (χ2n) is 4.54. The highest BCUT2D eigenvalue weighted by atomic mass is 16.5. The SMILES string of the molecule is CCCOCCCNc1nc2ccccc2nc1C. The molecule has 0 amide bonds. The van der Waals surface area contributed by atoms with Crippen LogP contribution >= 0.6 is 0 Å². The molecule has 0 aliphatic carbocycles. The Hall–Kier alpha value is -1.68. The van der Waals surface area contributed by atoms with Gasteiger partial charge in [-0.1, -0.05) is 19.1 Å². The Morgan fingerprint density at radius 3 is 2.58 bits per heavy atom. The normalized spacial score (nSPS) is 10.8. The van der Waals surface area contributed by atoms with Crippen LogP contribution in [0.25, 0.3) is 11.0 Å². The van der Waals surface area contributed by atoms with E-state index in [9.17, 15) is 0 Å². The third-order valence-electron chi connectivity index (χ3n) is 2.85. The summed E-state index contributed by atoms with van der Waals surface area (Å²) < 4.78 is 5.45. The number of nitrogens with one attached hydrogen (secondary N) is 1. The molecule has 2 aromatic rings. The van der Waals surface area contributed by atoms with Crippen molar-refractivity contribution in [3.8, 4) is 0 Å². The maximum atomic E-state index is 5.45. The summed E-state index contributed by atoms with van der Waals surface area (Å²) in [6, 6.07) is 7.93. The molecule has 1 aromatic heterocycles. The molecule has 102 valence electrons. The average molecular weight is 259 g/mol. The number of nitrogens with zero attached hydrogens (tertiary/aromatic N) is 2. The van der Waals surface area contributed by atoms with E-state index in [1.54, 1.807) is 0 Å². The molecule has 1 heterocycles. The Labute approximate surface area is 114 Å². The molecule has 1 aromatic carbocycles. The summed E-state index contributed by atoms with van der Waals surface area (Å²) in [6.07, 6.45) is 2.05. The Morgan fingerprint density at radius 2 is 1.84 bits per heavy atom. The largest absolute Gasteiger partial charge is 0.381 e. The van der Waals surface area contributed by atoms with Crippen molar-refractivity contribution in [2.75, 3.05) is 25.1 Å². The molecule has 1 N–H and O–H groups in total. The second-order valence-corrected chi connectivity index (χ2v) is 4.54. The number of anilines is 1. The van der Waals surface area contributed by atoms with E-state index in [0.717, 1.165) is 55.1 Å². The van der Waals surface area contributed by atoms with E-state index in [1.165, 1.54) is 0 Å². The Kier molecular flexibility index (Phi) is 5.10. The lowest BCUT2D eigenvalue weighted by Crippen LogP contribution is -2.09. The van der Waals surface area contributed by atoms with Gasteiger partial charge in [0.1, 0.15) is 5.82 Å². The summed E-state index contributed by atoms with van der Waals surface area (Å²) in [5.74, 6) is 0.870. The van der Waals surface area contributed by atoms with Crippen LogP contribution in [0.1, 0.15) is 25.5 Å². The Bertz CT molecular complexity index is 528. The molecule has 0 bridgehead atoms. The van der Waals surface area contributed by atoms with Crippen molar-refractivity contribution < 1.29 is 4.74 Å². The van der Waals surface area contributed by atoms with Crippen LogP contribution in [0.15, 0.2) is 24.3 Å². The standard InChI is InChI=1S/C15H21N3O/c1-3-10-19-11-6-9-16-15-12(2)17-13-7-4-5-8-14(13)18-15/h4-5,7-8H,3,6,9-11H2,1-2H3,(H,16,18). The summed E-state index contributed by atoms with van der Waals surface area (Å²) in [7, 11) is 0. The fourth-order valence-electron chi connectivity index (χ4n) is 1.88. The van der Waals surface area contributed by atoms with Crippen LogP contribution in [0.4, 0.5) is 5.82 Å². The number of ether oxygens (including phenoxy) is 1. The lowest BCUT2D eigenvalue weighted by Gasteiger charge is -2.09. The minimum absolute atomic E-state index is 0.793. The topological polar surface area (TPSA) is 47.0 Å². The summed E-state index contributed by atoms with van der Waals surface area (Å²) in [5, 5.41) is 3.33. The Morgan fingerprint density at radius 1 is 1.11 bits per heavy atom. The van der Waals surface area contributed by atoms with E-state index >= 15 is 0 Å². The van der Waals surface area contributed by atoms with Gasteiger partial charge in [-0.25, -0.2) is 9.97 Å². The number of rotatable bonds is 7. The molecule has 0 saturated heterocycles. The number of hydrogen-bond acceptors (Lipinski definition) is 4. The fourth-order valence-corrected chi connectivity index (χ4v) is 1.88. The molecular formula is C15H21N3O. The van der Waals surface area contributed by atoms with Gasteiger partial charge in [0.25, 0.3) is 0 Å². The number of aromatic nitrogens is 2. The molecule has 0 spiro atoms. The third kappa shape index (κ3) is 3.89. The van der Waals surface area contributed by atoms with Gasteiger partial charge >= 0.3 is 0 Å². The van der Waals surface area contributed by atoms with Gasteiger partial charge in [-0.2, -0.15) is 0 Å². The highest BCUT2D eigenvalue weighted by Crippen LogP contribution is 2.15. The molecular weight excluding hydrogens is 238 g/mol. The molecule has 19 heavy (non-hydrogen) atoms. The number of para-hydroxylation sites is 2. The quantitative estimate of drug-likeness (QED) is 0.776. The monoisotopic (exact) mass is 259 g/mol. The first-order valence-electron chi connectivity index (χ1n) is 6.86. The van der Waals surface area contributed by atoms with Crippen molar-refractivity contribution in [3.05, 3.63) is 30.0 Å². The van der Waals surface area contributed by atoms with Crippen molar-refractivity contribution in [2.45, 2.75) is 26.7 Å². The molecule has 0 aliphatic heterocycles. The molecule has 0 unspecified atom stereocenters. The number of fused-ring (bicyclic) bond motifs is 1. The molecule has 0 saturated carbocycles. The molecule has 4 heteroatoms. The first kappa shape index (κ1) is 13.7. The van der Waals surface area contributed by atoms with Crippen LogP contribution in [-0.2, 0) is 4.74 Å². The average Bonchev–Trinajstić information content (AvgIpc) is 2.43. The summed E-state index contributed by atoms with van der Waals surface area (Å²) in [4.78, 5) is 9.14. The summed E-state index contributed by atoms with van der Waals surface area (Å²) in [6.45, 7) is 6.59. The Balaban J connectivity index is 1.91. The van der Waals surface area contributed by atoms with Gasteiger partial charge in [0.2, 0.25) is 0 Å². The van der Waals surface area contributed by atoms with Gasteiger partial charge < -0.3 is 10.1 Å². The summed E-state index contributed by atoms with van der Waals surface area (Å²) in [5.41, 5.74) is 2.81. The first-order chi connectivity index (χ1) is 9.31. The van der Waals surface area contributed by atoms with Crippen molar-refractivity contribution in [3.63, 3.8) is 0 Å². The maximum absolute atomic E-state index is 5.45. The van der Waals surface area contributed by atoms with E-state index in [-0.39, 0.29) is 0 Å². The highest BCUT2D eigenvalue weighted by Gasteiger charge is 2.03. The second kappa shape index (κ2) is 7.04. The van der Waals surface area contributed by atoms with Crippen LogP contribution in [0, 0.1) is 6.92 Å². The number of hydrogen-bond donors (Lipinski definition) is 1. The summed E-state index contributed by atoms with van der Waals surface area (Å²) >= 11 is 0. The lowest BCUT2D eigenvalue weighted by molar-refractivity contribution is 0.134. The van der Waals surface area contributed by atoms with Gasteiger partial charge in [-0.15, -0.1) is 0 Å². The minimum Gasteiger partial charge on any atom is -0.381 e. The van der Waals surface area contributed by atoms with E-state index in [0.29, 0.717) is 0 Å². The van der Waals surface area contributed by atoms with Gasteiger partial charge in [0, 0.05) is 19.8 Å². The molecule has 0 atom stereocenters. The van der Waals surface area contributed by atoms with Crippen molar-refractivity contribution in [1.29, 1.82) is 0 Å². The van der Waals surface area contributed by atoms with E-state index in [1.807, 2.05) is 31.2 Å². The molecule has 0 radical (unpaired) electrons. The minimum atomic E-state index is 0.793. The van der Waals surface area contributed by atoms with Gasteiger partial charge in [-0.3, -0.25) is 0 Å². The number of aryl methyl sites for hydroxylation is 1. The fraction of sp³-hybridized carbons (Fsp3) is 0.467. The first-order valence-corrected chi connectivity index (χ1v) is 6.86. The van der Waals surface area contributed by atoms with E-state index < -0.39 is 0 Å². The zero-order valence-corrected chi connectivity index (χ0v) is 11.6. The zero-order valence-electron chi connectivity index (χ0n) is 11.6. The highest BCUT2D eigenvalue weighted by molar-refractivity contribution is 5.76. The predicted octanol–water partition coefficient (Wildman–Crippen LogP) is 3.17. The van der Waals surface area contributed by atoms with Crippen molar-refractivity contribution in [2.24, 2.45) is 0 Å². The van der Waals surface area contributed by atoms with E-state index in [4.69, 9.17) is 4.74 Å². The van der Waals surface area contributed by atoms with Gasteiger partial charge in [-0.05, 0) is 31.9 Å². The van der Waals surface area contributed by atoms with Crippen LogP contribution in [0.5, 0.6) is 0 Å². The van der Waals surface area contributed by atoms with Crippen molar-refractivity contribution in [1.82, 2.24) is 9.97 Å². The van der Waals surface area contributed by atoms with Crippen molar-refractivity contribution >= 4 is 16.9 Å². The van der Waals surface area contributed by atoms with Crippen LogP contribution in [-0.4, -0.2) is 29.7 Å². The number of benzene rings is 1. The van der Waals surface area contributed by atoms with Crippen LogP contribution in [0.3, 0.4) is 0 Å². The molecule has 4 nitrogen and oxygen atoms in total. The van der Waals surface area contributed by atoms with E-state index in [2.05, 4.69) is 22.2 Å². The van der Waals surface area contributed by atoms with Gasteiger partial charge in [0.15, 0.2) is 0 Å². The lowest BCUT2D eigenvalue weighted by atomic mass is 10.3. The maximum Gasteiger partial charge on any atom is 0.148 e. The smallest absolute Gasteiger partial charge is 0.148 e.